The van der Waals surface area contributed by atoms with Gasteiger partial charge in [-0.1, -0.05) is 12.1 Å². The fourth-order valence-corrected chi connectivity index (χ4v) is 4.41. The molecule has 2 aromatic carbocycles. The number of benzene rings is 2. The zero-order chi connectivity index (χ0) is 23.3. The minimum atomic E-state index is -3.63. The van der Waals surface area contributed by atoms with Gasteiger partial charge in [0.25, 0.3) is 5.91 Å². The maximum Gasteiger partial charge on any atom is 0.251 e. The number of nitrogens with zero attached hydrogens (tertiary/aromatic N) is 1. The molecule has 0 bridgehead atoms. The van der Waals surface area contributed by atoms with Gasteiger partial charge >= 0.3 is 0 Å². The van der Waals surface area contributed by atoms with Crippen LogP contribution in [-0.2, 0) is 16.4 Å². The van der Waals surface area contributed by atoms with Crippen LogP contribution in [0.4, 0.5) is 0 Å². The van der Waals surface area contributed by atoms with Gasteiger partial charge in [0.15, 0.2) is 0 Å². The van der Waals surface area contributed by atoms with E-state index < -0.39 is 10.0 Å². The number of nitrogens with one attached hydrogen (secondary N) is 1. The van der Waals surface area contributed by atoms with Crippen LogP contribution in [0.15, 0.2) is 41.3 Å². The number of hydrogen-bond donors (Lipinski definition) is 1. The monoisotopic (exact) mass is 446 g/mol. The lowest BCUT2D eigenvalue weighted by Crippen LogP contribution is -2.33. The van der Waals surface area contributed by atoms with Gasteiger partial charge in [-0.3, -0.25) is 4.79 Å². The summed E-state index contributed by atoms with van der Waals surface area (Å²) in [6, 6.07) is 11.1. The largest absolute Gasteiger partial charge is 0.491 e. The Morgan fingerprint density at radius 1 is 1.06 bits per heavy atom. The highest BCUT2D eigenvalue weighted by molar-refractivity contribution is 7.89. The molecule has 31 heavy (non-hydrogen) atoms. The topological polar surface area (TPSA) is 75.7 Å². The molecule has 0 spiro atoms. The molecule has 0 radical (unpaired) electrons. The van der Waals surface area contributed by atoms with Crippen molar-refractivity contribution in [1.29, 1.82) is 0 Å². The normalized spacial score (nSPS) is 12.8. The van der Waals surface area contributed by atoms with Gasteiger partial charge in [0.05, 0.1) is 11.0 Å². The Balaban J connectivity index is 2.05. The van der Waals surface area contributed by atoms with E-state index in [0.29, 0.717) is 11.1 Å². The molecule has 2 aromatic rings. The maximum absolute atomic E-state index is 12.8. The van der Waals surface area contributed by atoms with Crippen molar-refractivity contribution < 1.29 is 17.9 Å². The molecule has 0 aliphatic heterocycles. The molecule has 0 saturated carbocycles. The van der Waals surface area contributed by atoms with Gasteiger partial charge < -0.3 is 10.1 Å². The van der Waals surface area contributed by atoms with Crippen molar-refractivity contribution in [1.82, 2.24) is 9.62 Å². The molecule has 0 aromatic heterocycles. The summed E-state index contributed by atoms with van der Waals surface area (Å²) in [5.41, 5.74) is 2.95. The van der Waals surface area contributed by atoms with Crippen molar-refractivity contribution in [3.63, 3.8) is 0 Å². The van der Waals surface area contributed by atoms with E-state index in [1.807, 2.05) is 52.0 Å². The Bertz CT molecular complexity index is 1010. The summed E-state index contributed by atoms with van der Waals surface area (Å²) in [5.74, 6) is 0.574. The average molecular weight is 447 g/mol. The minimum absolute atomic E-state index is 0.0606. The van der Waals surface area contributed by atoms with Crippen molar-refractivity contribution in [2.24, 2.45) is 0 Å². The minimum Gasteiger partial charge on any atom is -0.491 e. The van der Waals surface area contributed by atoms with Gasteiger partial charge in [-0.2, -0.15) is 0 Å². The van der Waals surface area contributed by atoms with E-state index >= 15 is 0 Å². The molecule has 1 amide bonds. The lowest BCUT2D eigenvalue weighted by molar-refractivity contribution is 0.0938. The molecule has 1 unspecified atom stereocenters. The highest BCUT2D eigenvalue weighted by atomic mass is 32.2. The van der Waals surface area contributed by atoms with E-state index in [2.05, 4.69) is 5.32 Å². The van der Waals surface area contributed by atoms with E-state index in [-0.39, 0.29) is 22.9 Å². The summed E-state index contributed by atoms with van der Waals surface area (Å²) in [6.07, 6.45) is 1.72. The second kappa shape index (κ2) is 10.3. The lowest BCUT2D eigenvalue weighted by Gasteiger charge is -2.18. The zero-order valence-corrected chi connectivity index (χ0v) is 20.3. The van der Waals surface area contributed by atoms with Crippen LogP contribution in [0, 0.1) is 13.8 Å². The Morgan fingerprint density at radius 2 is 1.68 bits per heavy atom. The van der Waals surface area contributed by atoms with Crippen molar-refractivity contribution >= 4 is 15.9 Å². The Hall–Kier alpha value is -2.38. The van der Waals surface area contributed by atoms with E-state index in [0.717, 1.165) is 28.5 Å². The Labute approximate surface area is 186 Å². The van der Waals surface area contributed by atoms with Crippen LogP contribution in [0.25, 0.3) is 0 Å². The lowest BCUT2D eigenvalue weighted by atomic mass is 10.0. The number of carbonyl (C=O) groups excluding carboxylic acids is 1. The van der Waals surface area contributed by atoms with Gasteiger partial charge in [0, 0.05) is 25.7 Å². The number of rotatable bonds is 9. The predicted molar refractivity (Wildman–Crippen MR) is 124 cm³/mol. The number of carbonyl (C=O) groups is 1. The molecular weight excluding hydrogens is 412 g/mol. The SMILES string of the molecule is Cc1cc(C(=O)NC(C)CCc2ccc(OC(C)C)cc2)cc(S(=O)(=O)N(C)C)c1C. The quantitative estimate of drug-likeness (QED) is 0.629. The maximum atomic E-state index is 12.8. The number of ether oxygens (including phenoxy) is 1. The number of sulfonamides is 1. The molecule has 0 heterocycles. The third kappa shape index (κ3) is 6.55. The molecule has 0 saturated heterocycles. The smallest absolute Gasteiger partial charge is 0.251 e. The molecule has 170 valence electrons. The third-order valence-electron chi connectivity index (χ3n) is 5.18. The summed E-state index contributed by atoms with van der Waals surface area (Å²) in [4.78, 5) is 13.0. The van der Waals surface area contributed by atoms with Crippen LogP contribution >= 0.6 is 0 Å². The molecule has 0 aliphatic rings. The van der Waals surface area contributed by atoms with Crippen LogP contribution in [-0.4, -0.2) is 44.9 Å². The van der Waals surface area contributed by atoms with Crippen molar-refractivity contribution in [2.45, 2.75) is 64.5 Å². The van der Waals surface area contributed by atoms with Crippen molar-refractivity contribution in [3.8, 4) is 5.75 Å². The number of amides is 1. The van der Waals surface area contributed by atoms with Gasteiger partial charge in [0.1, 0.15) is 5.75 Å². The first-order chi connectivity index (χ1) is 14.4. The molecule has 1 atom stereocenters. The van der Waals surface area contributed by atoms with Crippen LogP contribution in [0.3, 0.4) is 0 Å². The molecule has 2 rings (SSSR count). The predicted octanol–water partition coefficient (Wildman–Crippen LogP) is 4.09. The zero-order valence-electron chi connectivity index (χ0n) is 19.5. The Morgan fingerprint density at radius 3 is 2.23 bits per heavy atom. The molecule has 6 nitrogen and oxygen atoms in total. The van der Waals surface area contributed by atoms with Crippen LogP contribution in [0.2, 0.25) is 0 Å². The average Bonchev–Trinajstić information content (AvgIpc) is 2.68. The first-order valence-electron chi connectivity index (χ1n) is 10.5. The summed E-state index contributed by atoms with van der Waals surface area (Å²) in [5, 5.41) is 2.99. The van der Waals surface area contributed by atoms with Gasteiger partial charge in [-0.15, -0.1) is 0 Å². The van der Waals surface area contributed by atoms with E-state index in [4.69, 9.17) is 4.74 Å². The van der Waals surface area contributed by atoms with Gasteiger partial charge in [0.2, 0.25) is 10.0 Å². The second-order valence-corrected chi connectivity index (χ2v) is 10.5. The van der Waals surface area contributed by atoms with Crippen LogP contribution in [0.1, 0.15) is 54.2 Å². The fourth-order valence-electron chi connectivity index (χ4n) is 3.19. The third-order valence-corrected chi connectivity index (χ3v) is 7.12. The van der Waals surface area contributed by atoms with Gasteiger partial charge in [-0.25, -0.2) is 12.7 Å². The van der Waals surface area contributed by atoms with Crippen LogP contribution in [0.5, 0.6) is 5.75 Å². The van der Waals surface area contributed by atoms with E-state index in [1.165, 1.54) is 25.7 Å². The highest BCUT2D eigenvalue weighted by Crippen LogP contribution is 2.23. The summed E-state index contributed by atoms with van der Waals surface area (Å²) in [7, 11) is -0.656. The summed E-state index contributed by atoms with van der Waals surface area (Å²) in [6.45, 7) is 9.51. The number of hydrogen-bond acceptors (Lipinski definition) is 4. The van der Waals surface area contributed by atoms with E-state index in [1.54, 1.807) is 13.0 Å². The molecular formula is C24H34N2O4S. The summed E-state index contributed by atoms with van der Waals surface area (Å²) < 4.78 is 32.1. The first-order valence-corrected chi connectivity index (χ1v) is 12.0. The highest BCUT2D eigenvalue weighted by Gasteiger charge is 2.23. The Kier molecular flexibility index (Phi) is 8.26. The molecule has 7 heteroatoms. The molecule has 0 aliphatic carbocycles. The summed E-state index contributed by atoms with van der Waals surface area (Å²) >= 11 is 0. The van der Waals surface area contributed by atoms with Crippen LogP contribution < -0.4 is 10.1 Å². The van der Waals surface area contributed by atoms with Gasteiger partial charge in [-0.05, 0) is 88.4 Å². The second-order valence-electron chi connectivity index (χ2n) is 8.43. The standard InChI is InChI=1S/C24H34N2O4S/c1-16(2)30-22-12-10-20(11-13-22)9-8-18(4)25-24(27)21-14-17(3)19(5)23(15-21)31(28,29)26(6)7/h10-16,18H,8-9H2,1-7H3,(H,25,27). The molecule has 0 fully saturated rings. The van der Waals surface area contributed by atoms with E-state index in [9.17, 15) is 13.2 Å². The van der Waals surface area contributed by atoms with Crippen molar-refractivity contribution in [3.05, 3.63) is 58.7 Å². The fraction of sp³-hybridized carbons (Fsp3) is 0.458. The number of aryl methyl sites for hydroxylation is 2. The molecule has 1 N–H and O–H groups in total. The van der Waals surface area contributed by atoms with Crippen molar-refractivity contribution in [2.75, 3.05) is 14.1 Å². The first kappa shape index (κ1) is 24.9.